The molecule has 0 aromatic heterocycles. The van der Waals surface area contributed by atoms with E-state index in [0.717, 1.165) is 0 Å². The van der Waals surface area contributed by atoms with Gasteiger partial charge in [-0.3, -0.25) is 0 Å². The van der Waals surface area contributed by atoms with Crippen molar-refractivity contribution in [2.75, 3.05) is 14.2 Å². The first-order chi connectivity index (χ1) is 5.44. The van der Waals surface area contributed by atoms with E-state index in [1.54, 1.807) is 7.11 Å². The largest absolute Gasteiger partial charge is 0.377 e. The van der Waals surface area contributed by atoms with E-state index in [2.05, 4.69) is 39.1 Å². The van der Waals surface area contributed by atoms with E-state index in [1.807, 2.05) is 7.05 Å². The Bertz CT molecular complexity index is 157. The van der Waals surface area contributed by atoms with Gasteiger partial charge < -0.3 is 10.1 Å². The molecule has 1 atom stereocenters. The Labute approximate surface area is 76.0 Å². The molecule has 1 N–H and O–H groups in total. The monoisotopic (exact) mass is 171 g/mol. The predicted octanol–water partition coefficient (Wildman–Crippen LogP) is 1.97. The number of nitrogens with one attached hydrogen (secondary N) is 1. The Hall–Kier alpha value is -0.340. The van der Waals surface area contributed by atoms with E-state index in [1.165, 1.54) is 5.57 Å². The molecule has 0 saturated carbocycles. The Balaban J connectivity index is 4.45. The fourth-order valence-corrected chi connectivity index (χ4v) is 1.09. The summed E-state index contributed by atoms with van der Waals surface area (Å²) in [6.07, 6.45) is 2.18. The van der Waals surface area contributed by atoms with Crippen molar-refractivity contribution in [3.8, 4) is 0 Å². The highest BCUT2D eigenvalue weighted by Gasteiger charge is 2.25. The second-order valence-electron chi connectivity index (χ2n) is 3.82. The van der Waals surface area contributed by atoms with Gasteiger partial charge in [0.2, 0.25) is 0 Å². The molecule has 0 radical (unpaired) electrons. The molecule has 0 aromatic rings. The summed E-state index contributed by atoms with van der Waals surface area (Å²) in [6.45, 7) is 8.34. The topological polar surface area (TPSA) is 21.3 Å². The Morgan fingerprint density at radius 2 is 1.92 bits per heavy atom. The number of rotatable bonds is 4. The van der Waals surface area contributed by atoms with Gasteiger partial charge in [-0.05, 0) is 34.7 Å². The van der Waals surface area contributed by atoms with Crippen molar-refractivity contribution in [1.29, 1.82) is 0 Å². The molecule has 1 unspecified atom stereocenters. The number of methoxy groups -OCH3 is 1. The molecule has 2 nitrogen and oxygen atoms in total. The van der Waals surface area contributed by atoms with Crippen LogP contribution >= 0.6 is 0 Å². The second-order valence-corrected chi connectivity index (χ2v) is 3.82. The number of hydrogen-bond donors (Lipinski definition) is 1. The van der Waals surface area contributed by atoms with Crippen molar-refractivity contribution in [2.24, 2.45) is 0 Å². The number of allylic oxidation sites excluding steroid dienone is 1. The molecule has 0 aromatic carbocycles. The minimum Gasteiger partial charge on any atom is -0.377 e. The van der Waals surface area contributed by atoms with Gasteiger partial charge in [0.1, 0.15) is 0 Å². The van der Waals surface area contributed by atoms with Gasteiger partial charge in [-0.2, -0.15) is 0 Å². The molecule has 72 valence electrons. The van der Waals surface area contributed by atoms with Crippen LogP contribution in [0.4, 0.5) is 0 Å². The number of likely N-dealkylation sites (N-methyl/N-ethyl adjacent to an activating group) is 1. The van der Waals surface area contributed by atoms with Gasteiger partial charge in [0, 0.05) is 7.11 Å². The van der Waals surface area contributed by atoms with Crippen LogP contribution in [0, 0.1) is 0 Å². The van der Waals surface area contributed by atoms with Crippen molar-refractivity contribution in [3.63, 3.8) is 0 Å². The maximum Gasteiger partial charge on any atom is 0.0810 e. The smallest absolute Gasteiger partial charge is 0.0810 e. The van der Waals surface area contributed by atoms with Crippen molar-refractivity contribution >= 4 is 0 Å². The molecule has 0 spiro atoms. The lowest BCUT2D eigenvalue weighted by Gasteiger charge is -2.31. The SMILES string of the molecule is CNC(C=C(C)C)C(C)(C)OC. The minimum absolute atomic E-state index is 0.147. The molecule has 0 rings (SSSR count). The zero-order valence-corrected chi connectivity index (χ0v) is 9.06. The van der Waals surface area contributed by atoms with Crippen LogP contribution in [0.2, 0.25) is 0 Å². The summed E-state index contributed by atoms with van der Waals surface area (Å²) in [4.78, 5) is 0. The van der Waals surface area contributed by atoms with Crippen molar-refractivity contribution in [3.05, 3.63) is 11.6 Å². The minimum atomic E-state index is -0.147. The zero-order chi connectivity index (χ0) is 9.78. The number of ether oxygens (including phenoxy) is 1. The van der Waals surface area contributed by atoms with Gasteiger partial charge >= 0.3 is 0 Å². The molecule has 0 fully saturated rings. The Kier molecular flexibility index (Phi) is 4.50. The summed E-state index contributed by atoms with van der Waals surface area (Å²) in [7, 11) is 3.69. The van der Waals surface area contributed by atoms with Crippen LogP contribution in [0.5, 0.6) is 0 Å². The first kappa shape index (κ1) is 11.7. The third-order valence-electron chi connectivity index (χ3n) is 2.09. The van der Waals surface area contributed by atoms with Crippen LogP contribution in [0.3, 0.4) is 0 Å². The lowest BCUT2D eigenvalue weighted by Crippen LogP contribution is -2.45. The van der Waals surface area contributed by atoms with Crippen LogP contribution in [0.15, 0.2) is 11.6 Å². The molecule has 0 aliphatic carbocycles. The molecular formula is C10H21NO. The van der Waals surface area contributed by atoms with E-state index >= 15 is 0 Å². The van der Waals surface area contributed by atoms with E-state index in [-0.39, 0.29) is 11.6 Å². The predicted molar refractivity (Wildman–Crippen MR) is 53.4 cm³/mol. The first-order valence-corrected chi connectivity index (χ1v) is 4.31. The van der Waals surface area contributed by atoms with Crippen molar-refractivity contribution in [2.45, 2.75) is 39.3 Å². The van der Waals surface area contributed by atoms with Crippen molar-refractivity contribution < 1.29 is 4.74 Å². The molecule has 0 aliphatic heterocycles. The quantitative estimate of drug-likeness (QED) is 0.653. The van der Waals surface area contributed by atoms with E-state index in [0.29, 0.717) is 0 Å². The summed E-state index contributed by atoms with van der Waals surface area (Å²) in [5.74, 6) is 0. The third kappa shape index (κ3) is 3.37. The molecule has 0 heterocycles. The summed E-state index contributed by atoms with van der Waals surface area (Å²) in [5, 5.41) is 3.22. The Morgan fingerprint density at radius 1 is 1.42 bits per heavy atom. The average Bonchev–Trinajstić information content (AvgIpc) is 1.99. The van der Waals surface area contributed by atoms with E-state index < -0.39 is 0 Å². The van der Waals surface area contributed by atoms with E-state index in [4.69, 9.17) is 4.74 Å². The highest BCUT2D eigenvalue weighted by molar-refractivity contribution is 5.06. The van der Waals surface area contributed by atoms with Crippen LogP contribution in [-0.4, -0.2) is 25.8 Å². The lowest BCUT2D eigenvalue weighted by molar-refractivity contribution is 0.00466. The van der Waals surface area contributed by atoms with Gasteiger partial charge in [-0.25, -0.2) is 0 Å². The molecule has 0 aliphatic rings. The standard InChI is InChI=1S/C10H21NO/c1-8(2)7-9(11-5)10(3,4)12-6/h7,9,11H,1-6H3. The maximum atomic E-state index is 5.38. The average molecular weight is 171 g/mol. The van der Waals surface area contributed by atoms with Crippen molar-refractivity contribution in [1.82, 2.24) is 5.32 Å². The normalized spacial score (nSPS) is 14.2. The van der Waals surface area contributed by atoms with Gasteiger partial charge in [-0.15, -0.1) is 0 Å². The molecule has 2 heteroatoms. The Morgan fingerprint density at radius 3 is 2.17 bits per heavy atom. The molecular weight excluding hydrogens is 150 g/mol. The van der Waals surface area contributed by atoms with Gasteiger partial charge in [0.15, 0.2) is 0 Å². The van der Waals surface area contributed by atoms with Gasteiger partial charge in [0.05, 0.1) is 11.6 Å². The highest BCUT2D eigenvalue weighted by atomic mass is 16.5. The first-order valence-electron chi connectivity index (χ1n) is 4.31. The summed E-state index contributed by atoms with van der Waals surface area (Å²) >= 11 is 0. The maximum absolute atomic E-state index is 5.38. The van der Waals surface area contributed by atoms with E-state index in [9.17, 15) is 0 Å². The molecule has 0 bridgehead atoms. The zero-order valence-electron chi connectivity index (χ0n) is 9.06. The number of hydrogen-bond acceptors (Lipinski definition) is 2. The van der Waals surface area contributed by atoms with Crippen LogP contribution in [-0.2, 0) is 4.74 Å². The van der Waals surface area contributed by atoms with Gasteiger partial charge in [-0.1, -0.05) is 11.6 Å². The fraction of sp³-hybridized carbons (Fsp3) is 0.800. The molecule has 0 saturated heterocycles. The third-order valence-corrected chi connectivity index (χ3v) is 2.09. The summed E-state index contributed by atoms with van der Waals surface area (Å²) < 4.78 is 5.38. The lowest BCUT2D eigenvalue weighted by atomic mass is 9.97. The van der Waals surface area contributed by atoms with Crippen LogP contribution < -0.4 is 5.32 Å². The fourth-order valence-electron chi connectivity index (χ4n) is 1.09. The van der Waals surface area contributed by atoms with Crippen LogP contribution in [0.1, 0.15) is 27.7 Å². The van der Waals surface area contributed by atoms with Gasteiger partial charge in [0.25, 0.3) is 0 Å². The second kappa shape index (κ2) is 4.63. The molecule has 12 heavy (non-hydrogen) atoms. The highest BCUT2D eigenvalue weighted by Crippen LogP contribution is 2.15. The summed E-state index contributed by atoms with van der Waals surface area (Å²) in [5.41, 5.74) is 1.16. The summed E-state index contributed by atoms with van der Waals surface area (Å²) in [6, 6.07) is 0.271. The molecule has 0 amide bonds. The van der Waals surface area contributed by atoms with Crippen LogP contribution in [0.25, 0.3) is 0 Å².